The molecule has 0 aromatic heterocycles. The number of carbonyl (C=O) groups is 4. The minimum Gasteiger partial charge on any atom is -0.480 e. The normalized spacial score (nSPS) is 16.7. The summed E-state index contributed by atoms with van der Waals surface area (Å²) in [7, 11) is 0. The molecule has 2 amide bonds. The molecule has 0 spiro atoms. The molecule has 0 radical (unpaired) electrons. The SMILES string of the molecule is C[C@H](NCC(=O)C(CCCCN)NC(=O)c1ccccc1)C(=O)N1CCC[C@H]1C(=O)O.Cl.Cl. The molecule has 1 fully saturated rings. The smallest absolute Gasteiger partial charge is 0.326 e. The van der Waals surface area contributed by atoms with Crippen LogP contribution in [0.1, 0.15) is 49.4 Å². The van der Waals surface area contributed by atoms with Crippen molar-refractivity contribution in [1.82, 2.24) is 15.5 Å². The standard InChI is InChI=1S/C22H32N4O5.2ClH/c1-15(21(29)26-13-7-11-18(26)22(30)31)24-14-19(27)17(10-5-6-12-23)25-20(28)16-8-3-2-4-9-16;;/h2-4,8-9,15,17-18,24H,5-7,10-14,23H2,1H3,(H,25,28)(H,30,31);2*1H/t15-,17?,18-;;/m0../s1. The Bertz CT molecular complexity index is 781. The maximum absolute atomic E-state index is 12.8. The van der Waals surface area contributed by atoms with Gasteiger partial charge in [0.25, 0.3) is 5.91 Å². The summed E-state index contributed by atoms with van der Waals surface area (Å²) in [6.45, 7) is 2.39. The van der Waals surface area contributed by atoms with Crippen molar-refractivity contribution >= 4 is 48.4 Å². The van der Waals surface area contributed by atoms with Crippen LogP contribution in [0.5, 0.6) is 0 Å². The molecular formula is C22H34Cl2N4O5. The van der Waals surface area contributed by atoms with Crippen LogP contribution < -0.4 is 16.4 Å². The number of ketones is 1. The zero-order chi connectivity index (χ0) is 22.8. The van der Waals surface area contributed by atoms with Gasteiger partial charge < -0.3 is 21.1 Å². The molecule has 1 unspecified atom stereocenters. The van der Waals surface area contributed by atoms with Gasteiger partial charge in [-0.25, -0.2) is 4.79 Å². The number of nitrogens with one attached hydrogen (secondary N) is 2. The lowest BCUT2D eigenvalue weighted by Gasteiger charge is -2.26. The van der Waals surface area contributed by atoms with E-state index < -0.39 is 24.1 Å². The van der Waals surface area contributed by atoms with Crippen molar-refractivity contribution in [2.45, 2.75) is 57.2 Å². The Labute approximate surface area is 206 Å². The first-order chi connectivity index (χ1) is 14.8. The summed E-state index contributed by atoms with van der Waals surface area (Å²) in [6, 6.07) is 6.41. The first-order valence-corrected chi connectivity index (χ1v) is 10.7. The van der Waals surface area contributed by atoms with E-state index in [9.17, 15) is 24.3 Å². The van der Waals surface area contributed by atoms with Crippen LogP contribution in [0.3, 0.4) is 0 Å². The van der Waals surface area contributed by atoms with Gasteiger partial charge in [-0.15, -0.1) is 24.8 Å². The van der Waals surface area contributed by atoms with Crippen LogP contribution in [0.15, 0.2) is 30.3 Å². The third-order valence-electron chi connectivity index (χ3n) is 5.45. The molecule has 1 heterocycles. The van der Waals surface area contributed by atoms with E-state index in [-0.39, 0.29) is 49.0 Å². The van der Waals surface area contributed by atoms with Gasteiger partial charge in [0.05, 0.1) is 18.6 Å². The summed E-state index contributed by atoms with van der Waals surface area (Å²) < 4.78 is 0. The van der Waals surface area contributed by atoms with E-state index in [1.54, 1.807) is 37.3 Å². The minimum absolute atomic E-state index is 0. The third kappa shape index (κ3) is 9.29. The quantitative estimate of drug-likeness (QED) is 0.315. The number of hydrogen-bond acceptors (Lipinski definition) is 6. The number of carboxylic acid groups (broad SMARTS) is 1. The Morgan fingerprint density at radius 1 is 1.15 bits per heavy atom. The van der Waals surface area contributed by atoms with Gasteiger partial charge in [-0.05, 0) is 57.7 Å². The number of hydrogen-bond donors (Lipinski definition) is 4. The van der Waals surface area contributed by atoms with Gasteiger partial charge in [0.15, 0.2) is 5.78 Å². The van der Waals surface area contributed by atoms with Gasteiger partial charge in [-0.1, -0.05) is 18.2 Å². The number of benzene rings is 1. The number of amides is 2. The van der Waals surface area contributed by atoms with E-state index >= 15 is 0 Å². The van der Waals surface area contributed by atoms with Crippen LogP contribution in [0, 0.1) is 0 Å². The van der Waals surface area contributed by atoms with Crippen molar-refractivity contribution < 1.29 is 24.3 Å². The molecule has 5 N–H and O–H groups in total. The number of nitrogens with zero attached hydrogens (tertiary/aromatic N) is 1. The summed E-state index contributed by atoms with van der Waals surface area (Å²) in [5.74, 6) is -1.93. The highest BCUT2D eigenvalue weighted by molar-refractivity contribution is 5.98. The summed E-state index contributed by atoms with van der Waals surface area (Å²) in [5, 5.41) is 14.9. The van der Waals surface area contributed by atoms with E-state index in [2.05, 4.69) is 10.6 Å². The van der Waals surface area contributed by atoms with Gasteiger partial charge >= 0.3 is 5.97 Å². The Morgan fingerprint density at radius 3 is 2.42 bits per heavy atom. The molecule has 1 aromatic carbocycles. The van der Waals surface area contributed by atoms with Gasteiger partial charge in [0, 0.05) is 12.1 Å². The first kappa shape index (κ1) is 30.8. The topological polar surface area (TPSA) is 142 Å². The van der Waals surface area contributed by atoms with E-state index in [0.717, 1.165) is 6.42 Å². The molecule has 1 aliphatic heterocycles. The lowest BCUT2D eigenvalue weighted by Crippen LogP contribution is -2.51. The molecule has 2 rings (SSSR count). The lowest BCUT2D eigenvalue weighted by atomic mass is 10.0. The van der Waals surface area contributed by atoms with Crippen molar-refractivity contribution in [2.24, 2.45) is 5.73 Å². The molecule has 3 atom stereocenters. The predicted octanol–water partition coefficient (Wildman–Crippen LogP) is 1.38. The number of carboxylic acids is 1. The van der Waals surface area contributed by atoms with Crippen molar-refractivity contribution in [3.63, 3.8) is 0 Å². The lowest BCUT2D eigenvalue weighted by molar-refractivity contribution is -0.148. The molecular weight excluding hydrogens is 471 g/mol. The van der Waals surface area contributed by atoms with Gasteiger partial charge in [-0.3, -0.25) is 19.7 Å². The number of rotatable bonds is 12. The zero-order valence-electron chi connectivity index (χ0n) is 18.7. The van der Waals surface area contributed by atoms with Crippen molar-refractivity contribution in [3.8, 4) is 0 Å². The highest BCUT2D eigenvalue weighted by atomic mass is 35.5. The van der Waals surface area contributed by atoms with E-state index in [0.29, 0.717) is 44.3 Å². The van der Waals surface area contributed by atoms with Gasteiger partial charge in [0.1, 0.15) is 6.04 Å². The highest BCUT2D eigenvalue weighted by Crippen LogP contribution is 2.18. The van der Waals surface area contributed by atoms with Crippen molar-refractivity contribution in [2.75, 3.05) is 19.6 Å². The zero-order valence-corrected chi connectivity index (χ0v) is 20.3. The number of nitrogens with two attached hydrogens (primary N) is 1. The second-order valence-electron chi connectivity index (χ2n) is 7.77. The maximum atomic E-state index is 12.8. The van der Waals surface area contributed by atoms with Crippen LogP contribution in [0.4, 0.5) is 0 Å². The molecule has 11 heteroatoms. The second-order valence-corrected chi connectivity index (χ2v) is 7.77. The van der Waals surface area contributed by atoms with E-state index in [1.807, 2.05) is 0 Å². The number of unbranched alkanes of at least 4 members (excludes halogenated alkanes) is 1. The fourth-order valence-electron chi connectivity index (χ4n) is 3.64. The maximum Gasteiger partial charge on any atom is 0.326 e. The molecule has 186 valence electrons. The van der Waals surface area contributed by atoms with Crippen LogP contribution in [0.25, 0.3) is 0 Å². The third-order valence-corrected chi connectivity index (χ3v) is 5.45. The highest BCUT2D eigenvalue weighted by Gasteiger charge is 2.36. The van der Waals surface area contributed by atoms with Crippen molar-refractivity contribution in [3.05, 3.63) is 35.9 Å². The van der Waals surface area contributed by atoms with Crippen LogP contribution >= 0.6 is 24.8 Å². The number of aliphatic carboxylic acids is 1. The van der Waals surface area contributed by atoms with Gasteiger partial charge in [0.2, 0.25) is 5.91 Å². The Kier molecular flexibility index (Phi) is 14.6. The monoisotopic (exact) mass is 504 g/mol. The number of Topliss-reactive ketones (excluding diaryl/α,β-unsaturated/α-hetero) is 1. The predicted molar refractivity (Wildman–Crippen MR) is 130 cm³/mol. The Morgan fingerprint density at radius 2 is 1.82 bits per heavy atom. The average molecular weight is 505 g/mol. The minimum atomic E-state index is -1.02. The number of likely N-dealkylation sites (tertiary alicyclic amines) is 1. The number of carbonyl (C=O) groups excluding carboxylic acids is 3. The summed E-state index contributed by atoms with van der Waals surface area (Å²) in [6.07, 6.45) is 2.94. The largest absolute Gasteiger partial charge is 0.480 e. The molecule has 0 aliphatic carbocycles. The average Bonchev–Trinajstić information content (AvgIpc) is 3.27. The molecule has 0 saturated carbocycles. The summed E-state index contributed by atoms with van der Waals surface area (Å²) >= 11 is 0. The van der Waals surface area contributed by atoms with Gasteiger partial charge in [-0.2, -0.15) is 0 Å². The fraction of sp³-hybridized carbons (Fsp3) is 0.545. The summed E-state index contributed by atoms with van der Waals surface area (Å²) in [4.78, 5) is 50.6. The Balaban J connectivity index is 0.00000512. The molecule has 0 bridgehead atoms. The second kappa shape index (κ2) is 15.6. The van der Waals surface area contributed by atoms with E-state index in [1.165, 1.54) is 4.90 Å². The van der Waals surface area contributed by atoms with Crippen LogP contribution in [-0.2, 0) is 14.4 Å². The van der Waals surface area contributed by atoms with Crippen LogP contribution in [-0.4, -0.2) is 71.3 Å². The van der Waals surface area contributed by atoms with Crippen molar-refractivity contribution in [1.29, 1.82) is 0 Å². The summed E-state index contributed by atoms with van der Waals surface area (Å²) in [5.41, 5.74) is 6.00. The molecule has 9 nitrogen and oxygen atoms in total. The number of halogens is 2. The molecule has 33 heavy (non-hydrogen) atoms. The van der Waals surface area contributed by atoms with E-state index in [4.69, 9.17) is 5.73 Å². The Hall–Kier alpha value is -2.20. The van der Waals surface area contributed by atoms with Crippen LogP contribution in [0.2, 0.25) is 0 Å². The molecule has 1 aliphatic rings. The molecule has 1 aromatic rings. The fourth-order valence-corrected chi connectivity index (χ4v) is 3.64. The first-order valence-electron chi connectivity index (χ1n) is 10.7. The molecule has 1 saturated heterocycles.